The highest BCUT2D eigenvalue weighted by atomic mass is 16.6. The highest BCUT2D eigenvalue weighted by molar-refractivity contribution is 5.49. The molecule has 0 aliphatic carbocycles. The fraction of sp³-hybridized carbons (Fsp3) is 0.385. The maximum atomic E-state index is 11.3. The van der Waals surface area contributed by atoms with E-state index in [4.69, 9.17) is 5.73 Å². The van der Waals surface area contributed by atoms with Crippen molar-refractivity contribution >= 4 is 11.4 Å². The lowest BCUT2D eigenvalue weighted by molar-refractivity contribution is -0.386. The molecule has 106 valence electrons. The summed E-state index contributed by atoms with van der Waals surface area (Å²) in [4.78, 5) is 15.1. The van der Waals surface area contributed by atoms with Crippen LogP contribution in [-0.4, -0.2) is 19.7 Å². The summed E-state index contributed by atoms with van der Waals surface area (Å²) in [5, 5.41) is 15.6. The number of anilines is 1. The number of nitrogen functional groups attached to an aromatic ring is 1. The molecule has 0 atom stereocenters. The predicted octanol–water partition coefficient (Wildman–Crippen LogP) is 2.19. The maximum Gasteiger partial charge on any atom is 0.313 e. The molecular formula is C13H17N5O2. The summed E-state index contributed by atoms with van der Waals surface area (Å²) in [6.45, 7) is 5.58. The number of nitro groups is 1. The summed E-state index contributed by atoms with van der Waals surface area (Å²) < 4.78 is 1.56. The number of aromatic nitrogens is 3. The van der Waals surface area contributed by atoms with E-state index in [-0.39, 0.29) is 10.6 Å². The molecule has 2 rings (SSSR count). The monoisotopic (exact) mass is 275 g/mol. The van der Waals surface area contributed by atoms with Gasteiger partial charge in [-0.05, 0) is 31.4 Å². The van der Waals surface area contributed by atoms with Crippen molar-refractivity contribution in [1.29, 1.82) is 0 Å². The fourth-order valence-electron chi connectivity index (χ4n) is 2.25. The number of pyridine rings is 1. The number of aryl methyl sites for hydroxylation is 2. The first-order valence-electron chi connectivity index (χ1n) is 6.47. The Kier molecular flexibility index (Phi) is 3.69. The van der Waals surface area contributed by atoms with Crippen LogP contribution in [-0.2, 0) is 12.8 Å². The minimum absolute atomic E-state index is 0.0908. The molecule has 0 fully saturated rings. The van der Waals surface area contributed by atoms with Gasteiger partial charge in [0.2, 0.25) is 0 Å². The largest absolute Gasteiger partial charge is 0.397 e. The second-order valence-corrected chi connectivity index (χ2v) is 4.53. The van der Waals surface area contributed by atoms with Crippen LogP contribution in [0.4, 0.5) is 11.4 Å². The number of rotatable bonds is 4. The lowest BCUT2D eigenvalue weighted by Gasteiger charge is -2.07. The Morgan fingerprint density at radius 1 is 1.40 bits per heavy atom. The zero-order valence-electron chi connectivity index (χ0n) is 11.8. The van der Waals surface area contributed by atoms with Gasteiger partial charge in [-0.15, -0.1) is 0 Å². The third-order valence-corrected chi connectivity index (χ3v) is 3.15. The van der Waals surface area contributed by atoms with Gasteiger partial charge in [-0.3, -0.25) is 10.1 Å². The third kappa shape index (κ3) is 2.22. The topological polar surface area (TPSA) is 99.9 Å². The van der Waals surface area contributed by atoms with Gasteiger partial charge in [0.15, 0.2) is 5.82 Å². The zero-order valence-corrected chi connectivity index (χ0v) is 11.8. The van der Waals surface area contributed by atoms with E-state index in [1.165, 1.54) is 6.20 Å². The van der Waals surface area contributed by atoms with Crippen molar-refractivity contribution in [2.24, 2.45) is 0 Å². The highest BCUT2D eigenvalue weighted by Gasteiger charge is 2.26. The Morgan fingerprint density at radius 2 is 2.10 bits per heavy atom. The third-order valence-electron chi connectivity index (χ3n) is 3.15. The van der Waals surface area contributed by atoms with Gasteiger partial charge in [0.1, 0.15) is 11.4 Å². The molecular weight excluding hydrogens is 258 g/mol. The van der Waals surface area contributed by atoms with Crippen LogP contribution in [0.25, 0.3) is 5.82 Å². The van der Waals surface area contributed by atoms with E-state index in [1.807, 2.05) is 20.8 Å². The van der Waals surface area contributed by atoms with Crippen molar-refractivity contribution in [3.63, 3.8) is 0 Å². The molecule has 0 bridgehead atoms. The van der Waals surface area contributed by atoms with E-state index < -0.39 is 0 Å². The van der Waals surface area contributed by atoms with Gasteiger partial charge >= 0.3 is 5.69 Å². The average molecular weight is 275 g/mol. The molecule has 0 radical (unpaired) electrons. The molecule has 2 N–H and O–H groups in total. The van der Waals surface area contributed by atoms with Crippen molar-refractivity contribution in [1.82, 2.24) is 14.8 Å². The molecule has 2 aromatic heterocycles. The Morgan fingerprint density at radius 3 is 2.60 bits per heavy atom. The van der Waals surface area contributed by atoms with Gasteiger partial charge in [-0.2, -0.15) is 5.10 Å². The van der Waals surface area contributed by atoms with E-state index in [1.54, 1.807) is 10.7 Å². The number of nitrogens with zero attached hydrogens (tertiary/aromatic N) is 4. The summed E-state index contributed by atoms with van der Waals surface area (Å²) in [5.41, 5.74) is 8.21. The molecule has 20 heavy (non-hydrogen) atoms. The molecule has 2 heterocycles. The van der Waals surface area contributed by atoms with Gasteiger partial charge in [-0.1, -0.05) is 13.8 Å². The molecule has 0 amide bonds. The Labute approximate surface area is 116 Å². The maximum absolute atomic E-state index is 11.3. The van der Waals surface area contributed by atoms with E-state index in [2.05, 4.69) is 10.1 Å². The summed E-state index contributed by atoms with van der Waals surface area (Å²) >= 11 is 0. The zero-order chi connectivity index (χ0) is 14.9. The van der Waals surface area contributed by atoms with Crippen LogP contribution in [0.2, 0.25) is 0 Å². The number of hydrogen-bond donors (Lipinski definition) is 1. The lowest BCUT2D eigenvalue weighted by Crippen LogP contribution is -2.07. The van der Waals surface area contributed by atoms with Crippen molar-refractivity contribution in [2.75, 3.05) is 5.73 Å². The second-order valence-electron chi connectivity index (χ2n) is 4.53. The summed E-state index contributed by atoms with van der Waals surface area (Å²) in [7, 11) is 0. The quantitative estimate of drug-likeness (QED) is 0.681. The minimum atomic E-state index is -0.367. The first kappa shape index (κ1) is 14.0. The van der Waals surface area contributed by atoms with Crippen LogP contribution in [0.1, 0.15) is 30.8 Å². The van der Waals surface area contributed by atoms with Crippen LogP contribution in [0, 0.1) is 17.0 Å². The summed E-state index contributed by atoms with van der Waals surface area (Å²) in [6, 6.07) is 1.78. The van der Waals surface area contributed by atoms with E-state index in [0.717, 1.165) is 5.56 Å². The molecule has 7 heteroatoms. The van der Waals surface area contributed by atoms with Crippen molar-refractivity contribution < 1.29 is 4.92 Å². The van der Waals surface area contributed by atoms with Crippen molar-refractivity contribution in [3.05, 3.63) is 39.3 Å². The second kappa shape index (κ2) is 5.28. The standard InChI is InChI=1S/C13H17N5O2/c1-4-10-12(18(19)20)11(5-2)17(16-10)13-8(3)6-9(14)7-15-13/h6-7H,4-5,14H2,1-3H3. The lowest BCUT2D eigenvalue weighted by atomic mass is 10.2. The van der Waals surface area contributed by atoms with Gasteiger partial charge in [-0.25, -0.2) is 9.67 Å². The van der Waals surface area contributed by atoms with Crippen LogP contribution >= 0.6 is 0 Å². The van der Waals surface area contributed by atoms with E-state index in [0.29, 0.717) is 35.7 Å². The first-order chi connectivity index (χ1) is 9.49. The summed E-state index contributed by atoms with van der Waals surface area (Å²) in [5.74, 6) is 0.582. The molecule has 0 aliphatic rings. The summed E-state index contributed by atoms with van der Waals surface area (Å²) in [6.07, 6.45) is 2.54. The van der Waals surface area contributed by atoms with E-state index >= 15 is 0 Å². The van der Waals surface area contributed by atoms with Crippen LogP contribution in [0.5, 0.6) is 0 Å². The van der Waals surface area contributed by atoms with Crippen LogP contribution < -0.4 is 5.73 Å². The minimum Gasteiger partial charge on any atom is -0.397 e. The highest BCUT2D eigenvalue weighted by Crippen LogP contribution is 2.27. The van der Waals surface area contributed by atoms with Crippen LogP contribution in [0.15, 0.2) is 12.3 Å². The fourth-order valence-corrected chi connectivity index (χ4v) is 2.25. The Hall–Kier alpha value is -2.44. The van der Waals surface area contributed by atoms with Gasteiger partial charge in [0.25, 0.3) is 0 Å². The van der Waals surface area contributed by atoms with Gasteiger partial charge in [0, 0.05) is 0 Å². The van der Waals surface area contributed by atoms with Crippen LogP contribution in [0.3, 0.4) is 0 Å². The molecule has 0 aliphatic heterocycles. The molecule has 0 unspecified atom stereocenters. The number of hydrogen-bond acceptors (Lipinski definition) is 5. The SMILES string of the molecule is CCc1nn(-c2ncc(N)cc2C)c(CC)c1[N+](=O)[O-]. The van der Waals surface area contributed by atoms with Gasteiger partial charge in [0.05, 0.1) is 16.8 Å². The molecule has 0 saturated carbocycles. The predicted molar refractivity (Wildman–Crippen MR) is 75.9 cm³/mol. The smallest absolute Gasteiger partial charge is 0.313 e. The Bertz CT molecular complexity index is 663. The van der Waals surface area contributed by atoms with E-state index in [9.17, 15) is 10.1 Å². The molecule has 2 aromatic rings. The average Bonchev–Trinajstić information content (AvgIpc) is 2.77. The molecule has 0 saturated heterocycles. The van der Waals surface area contributed by atoms with Crippen molar-refractivity contribution in [2.45, 2.75) is 33.6 Å². The molecule has 0 spiro atoms. The van der Waals surface area contributed by atoms with Crippen molar-refractivity contribution in [3.8, 4) is 5.82 Å². The normalized spacial score (nSPS) is 10.8. The molecule has 7 nitrogen and oxygen atoms in total. The molecule has 0 aromatic carbocycles. The van der Waals surface area contributed by atoms with Gasteiger partial charge < -0.3 is 5.73 Å². The Balaban J connectivity index is 2.71. The first-order valence-corrected chi connectivity index (χ1v) is 6.47. The number of nitrogens with two attached hydrogens (primary N) is 1.